The fourth-order valence-electron chi connectivity index (χ4n) is 6.20. The molecular weight excluding hydrogens is 530 g/mol. The Kier molecular flexibility index (Phi) is 7.19. The molecule has 0 N–H and O–H groups in total. The highest BCUT2D eigenvalue weighted by Gasteiger charge is 2.65. The number of hydrogen-bond acceptors (Lipinski definition) is 9. The van der Waals surface area contributed by atoms with Gasteiger partial charge in [0.25, 0.3) is 21.9 Å². The molecule has 5 rings (SSSR count). The molecule has 2 atom stereocenters. The van der Waals surface area contributed by atoms with E-state index >= 15 is 0 Å². The molecule has 1 aliphatic heterocycles. The van der Waals surface area contributed by atoms with Gasteiger partial charge in [-0.1, -0.05) is 26.0 Å². The molecule has 2 saturated carbocycles. The van der Waals surface area contributed by atoms with Crippen molar-refractivity contribution in [2.45, 2.75) is 44.9 Å². The number of ketones is 1. The van der Waals surface area contributed by atoms with E-state index in [1.165, 1.54) is 11.8 Å². The van der Waals surface area contributed by atoms with Crippen LogP contribution in [0.25, 0.3) is 10.8 Å². The predicted molar refractivity (Wildman–Crippen MR) is 141 cm³/mol. The van der Waals surface area contributed by atoms with Gasteiger partial charge in [-0.2, -0.15) is 8.42 Å². The van der Waals surface area contributed by atoms with Crippen molar-refractivity contribution in [1.29, 1.82) is 0 Å². The molecule has 2 amide bonds. The number of benzene rings is 2. The van der Waals surface area contributed by atoms with Gasteiger partial charge in [0.05, 0.1) is 28.9 Å². The average Bonchev–Trinajstić information content (AvgIpc) is 3.21. The summed E-state index contributed by atoms with van der Waals surface area (Å²) in [6.45, 7) is 6.98. The first kappa shape index (κ1) is 27.3. The first-order chi connectivity index (χ1) is 18.0. The van der Waals surface area contributed by atoms with Crippen molar-refractivity contribution >= 4 is 50.3 Å². The second-order valence-electron chi connectivity index (χ2n) is 10.6. The summed E-state index contributed by atoms with van der Waals surface area (Å²) in [4.78, 5) is 40.4. The molecular formula is C27H31NO8S2. The maximum atomic E-state index is 13.4. The van der Waals surface area contributed by atoms with Gasteiger partial charge in [0.15, 0.2) is 0 Å². The van der Waals surface area contributed by atoms with E-state index in [4.69, 9.17) is 13.8 Å². The third-order valence-corrected chi connectivity index (χ3v) is 10.7. The zero-order valence-corrected chi connectivity index (χ0v) is 23.3. The van der Waals surface area contributed by atoms with Gasteiger partial charge in [-0.25, -0.2) is 0 Å². The van der Waals surface area contributed by atoms with Gasteiger partial charge in [-0.15, -0.1) is 21.1 Å². The van der Waals surface area contributed by atoms with E-state index in [-0.39, 0.29) is 29.6 Å². The lowest BCUT2D eigenvalue weighted by atomic mass is 9.70. The summed E-state index contributed by atoms with van der Waals surface area (Å²) in [6.07, 6.45) is 1.57. The lowest BCUT2D eigenvalue weighted by molar-refractivity contribution is -0.128. The van der Waals surface area contributed by atoms with Gasteiger partial charge in [0, 0.05) is 29.1 Å². The van der Waals surface area contributed by atoms with E-state index < -0.39 is 38.5 Å². The van der Waals surface area contributed by atoms with E-state index in [0.717, 1.165) is 11.3 Å². The summed E-state index contributed by atoms with van der Waals surface area (Å²) in [6, 6.07) is 8.41. The Morgan fingerprint density at radius 2 is 1.79 bits per heavy atom. The molecule has 0 aromatic heterocycles. The summed E-state index contributed by atoms with van der Waals surface area (Å²) < 4.78 is 42.3. The minimum atomic E-state index is -4.44. The van der Waals surface area contributed by atoms with Crippen LogP contribution in [0.15, 0.2) is 35.2 Å². The molecule has 2 fully saturated rings. The second-order valence-corrected chi connectivity index (χ2v) is 13.2. The Bertz CT molecular complexity index is 1400. The second kappa shape index (κ2) is 10.0. The maximum absolute atomic E-state index is 13.4. The maximum Gasteiger partial charge on any atom is 0.289 e. The number of carbonyl (C=O) groups is 3. The number of thioether (sulfide) groups is 1. The third kappa shape index (κ3) is 4.38. The van der Waals surface area contributed by atoms with Gasteiger partial charge in [-0.05, 0) is 54.7 Å². The molecule has 2 aromatic rings. The van der Waals surface area contributed by atoms with Gasteiger partial charge >= 0.3 is 0 Å². The summed E-state index contributed by atoms with van der Waals surface area (Å²) in [7, 11) is -4.44. The van der Waals surface area contributed by atoms with Crippen LogP contribution < -0.4 is 0 Å². The molecule has 2 aromatic carbocycles. The molecule has 3 aliphatic rings. The monoisotopic (exact) mass is 561 g/mol. The quantitative estimate of drug-likeness (QED) is 0.172. The zero-order chi connectivity index (χ0) is 27.3. The van der Waals surface area contributed by atoms with Crippen LogP contribution in [0, 0.1) is 16.7 Å². The molecule has 2 aliphatic carbocycles. The molecule has 204 valence electrons. The number of fused-ring (bicyclic) bond motifs is 2. The van der Waals surface area contributed by atoms with E-state index in [1.54, 1.807) is 24.3 Å². The van der Waals surface area contributed by atoms with Crippen LogP contribution in [0.5, 0.6) is 0 Å². The minimum Gasteiger partial charge on any atom is -0.356 e. The first-order valence-corrected chi connectivity index (χ1v) is 15.3. The number of amides is 2. The van der Waals surface area contributed by atoms with Gasteiger partial charge in [0.2, 0.25) is 0 Å². The average molecular weight is 562 g/mol. The summed E-state index contributed by atoms with van der Waals surface area (Å²) in [5.74, 6) is -1.59. The Hall–Kier alpha value is -2.31. The number of hydrogen-bond donors (Lipinski definition) is 0. The minimum absolute atomic E-state index is 0.0920. The lowest BCUT2D eigenvalue weighted by Crippen LogP contribution is -2.46. The molecule has 0 radical (unpaired) electrons. The normalized spacial score (nSPS) is 24.1. The van der Waals surface area contributed by atoms with Crippen molar-refractivity contribution in [3.63, 3.8) is 0 Å². The van der Waals surface area contributed by atoms with Crippen molar-refractivity contribution in [3.05, 3.63) is 41.5 Å². The molecule has 9 nitrogen and oxygen atoms in total. The molecule has 1 heterocycles. The van der Waals surface area contributed by atoms with E-state index in [0.29, 0.717) is 47.6 Å². The van der Waals surface area contributed by atoms with Crippen molar-refractivity contribution in [2.24, 2.45) is 16.7 Å². The number of nitrogens with zero attached hydrogens (tertiary/aromatic N) is 1. The number of carbonyl (C=O) groups excluding carboxylic acids is 3. The SMILES string of the molecule is CCOCOCCSc1ccc2c3c(cccc13)C(=O)N(OS(=O)(=O)CC13CCC(CC1=O)C3(C)C)C2=O. The molecule has 2 bridgehead atoms. The van der Waals surface area contributed by atoms with Crippen LogP contribution in [0.4, 0.5) is 0 Å². The third-order valence-electron chi connectivity index (χ3n) is 8.44. The topological polar surface area (TPSA) is 116 Å². The number of imide groups is 1. The van der Waals surface area contributed by atoms with Gasteiger partial charge < -0.3 is 9.47 Å². The fraction of sp³-hybridized carbons (Fsp3) is 0.519. The van der Waals surface area contributed by atoms with Crippen molar-refractivity contribution in [2.75, 3.05) is 31.5 Å². The Labute approximate surface area is 226 Å². The van der Waals surface area contributed by atoms with Crippen molar-refractivity contribution < 1.29 is 36.6 Å². The van der Waals surface area contributed by atoms with Crippen molar-refractivity contribution in [1.82, 2.24) is 5.06 Å². The van der Waals surface area contributed by atoms with Crippen LogP contribution >= 0.6 is 11.8 Å². The number of Topliss-reactive ketones (excluding diaryl/α,β-unsaturated/α-hetero) is 1. The molecule has 0 spiro atoms. The van der Waals surface area contributed by atoms with Crippen LogP contribution in [-0.2, 0) is 28.7 Å². The molecule has 0 saturated heterocycles. The number of ether oxygens (including phenoxy) is 2. The van der Waals surface area contributed by atoms with E-state index in [1.807, 2.05) is 26.8 Å². The fourth-order valence-corrected chi connectivity index (χ4v) is 8.81. The smallest absolute Gasteiger partial charge is 0.289 e. The highest BCUT2D eigenvalue weighted by molar-refractivity contribution is 7.99. The Morgan fingerprint density at radius 1 is 1.05 bits per heavy atom. The summed E-state index contributed by atoms with van der Waals surface area (Å²) in [5, 5.41) is 1.51. The molecule has 2 unspecified atom stereocenters. The van der Waals surface area contributed by atoms with Crippen LogP contribution in [-0.4, -0.2) is 62.6 Å². The molecule has 11 heteroatoms. The van der Waals surface area contributed by atoms with Crippen LogP contribution in [0.2, 0.25) is 0 Å². The standard InChI is InChI=1S/C27H31NO8S2/c1-4-34-16-35-12-13-37-21-9-8-20-23-18(21)6-5-7-19(23)24(30)28(25(20)31)36-38(32,33)15-27-11-10-17(14-22(27)29)26(27,2)3/h5-9,17H,4,10-16H2,1-3H3. The van der Waals surface area contributed by atoms with Crippen LogP contribution in [0.1, 0.15) is 60.7 Å². The Balaban J connectivity index is 1.38. The van der Waals surface area contributed by atoms with Crippen LogP contribution in [0.3, 0.4) is 0 Å². The lowest BCUT2D eigenvalue weighted by Gasteiger charge is -2.36. The summed E-state index contributed by atoms with van der Waals surface area (Å²) in [5.41, 5.74) is -1.22. The van der Waals surface area contributed by atoms with Crippen molar-refractivity contribution in [3.8, 4) is 0 Å². The van der Waals surface area contributed by atoms with Gasteiger partial charge in [-0.3, -0.25) is 14.4 Å². The van der Waals surface area contributed by atoms with Gasteiger partial charge in [0.1, 0.15) is 12.6 Å². The predicted octanol–water partition coefficient (Wildman–Crippen LogP) is 4.20. The van der Waals surface area contributed by atoms with E-state index in [2.05, 4.69) is 0 Å². The number of rotatable bonds is 11. The highest BCUT2D eigenvalue weighted by Crippen LogP contribution is 2.64. The highest BCUT2D eigenvalue weighted by atomic mass is 32.2. The van der Waals surface area contributed by atoms with E-state index in [9.17, 15) is 22.8 Å². The number of hydroxylamine groups is 2. The first-order valence-electron chi connectivity index (χ1n) is 12.7. The Morgan fingerprint density at radius 3 is 2.45 bits per heavy atom. The largest absolute Gasteiger partial charge is 0.356 e. The zero-order valence-electron chi connectivity index (χ0n) is 21.7. The molecule has 38 heavy (non-hydrogen) atoms. The summed E-state index contributed by atoms with van der Waals surface area (Å²) >= 11 is 1.52.